The Morgan fingerprint density at radius 1 is 1.27 bits per heavy atom. The van der Waals surface area contributed by atoms with Crippen LogP contribution in [0.15, 0.2) is 24.4 Å². The van der Waals surface area contributed by atoms with Crippen LogP contribution < -0.4 is 10.1 Å². The van der Waals surface area contributed by atoms with Crippen LogP contribution in [0.4, 0.5) is 33.3 Å². The van der Waals surface area contributed by atoms with Gasteiger partial charge in [0, 0.05) is 6.20 Å². The van der Waals surface area contributed by atoms with E-state index in [1.54, 1.807) is 0 Å². The van der Waals surface area contributed by atoms with Crippen molar-refractivity contribution in [2.24, 2.45) is 0 Å². The van der Waals surface area contributed by atoms with E-state index in [2.05, 4.69) is 15.0 Å². The van der Waals surface area contributed by atoms with Gasteiger partial charge in [0.05, 0.1) is 23.5 Å². The van der Waals surface area contributed by atoms with Crippen LogP contribution in [-0.4, -0.2) is 12.1 Å². The predicted molar refractivity (Wildman–Crippen MR) is 70.4 cm³/mol. The largest absolute Gasteiger partial charge is 0.491 e. The van der Waals surface area contributed by atoms with E-state index in [9.17, 15) is 22.0 Å². The van der Waals surface area contributed by atoms with Gasteiger partial charge in [0.25, 0.3) is 0 Å². The zero-order chi connectivity index (χ0) is 16.5. The number of rotatable bonds is 3. The molecule has 0 aliphatic carbocycles. The zero-order valence-electron chi connectivity index (χ0n) is 10.9. The van der Waals surface area contributed by atoms with Crippen LogP contribution in [0.25, 0.3) is 0 Å². The number of hydrogen-bond acceptors (Lipinski definition) is 3. The van der Waals surface area contributed by atoms with Gasteiger partial charge in [-0.25, -0.2) is 13.8 Å². The molecule has 22 heavy (non-hydrogen) atoms. The van der Waals surface area contributed by atoms with E-state index in [-0.39, 0.29) is 0 Å². The van der Waals surface area contributed by atoms with Crippen molar-refractivity contribution < 1.29 is 26.7 Å². The first-order chi connectivity index (χ1) is 10.3. The minimum Gasteiger partial charge on any atom is -0.491 e. The van der Waals surface area contributed by atoms with Gasteiger partial charge in [-0.3, -0.25) is 0 Å². The average molecular weight is 339 g/mol. The molecule has 0 spiro atoms. The van der Waals surface area contributed by atoms with Crippen molar-refractivity contribution in [1.82, 2.24) is 4.98 Å². The van der Waals surface area contributed by atoms with Crippen molar-refractivity contribution in [2.45, 2.75) is 6.18 Å². The number of aromatic nitrogens is 1. The van der Waals surface area contributed by atoms with Gasteiger partial charge in [-0.05, 0) is 18.2 Å². The third kappa shape index (κ3) is 3.06. The first-order valence-corrected chi connectivity index (χ1v) is 6.14. The SMILES string of the molecule is COc1c(F)cc(Cl)c(Nc2cccnc2C(F)(F)F)c1F. The van der Waals surface area contributed by atoms with Crippen molar-refractivity contribution >= 4 is 23.0 Å². The number of hydrogen-bond donors (Lipinski definition) is 1. The van der Waals surface area contributed by atoms with Crippen LogP contribution in [0.1, 0.15) is 5.69 Å². The lowest BCUT2D eigenvalue weighted by atomic mass is 10.2. The summed E-state index contributed by atoms with van der Waals surface area (Å²) in [4.78, 5) is 3.21. The molecule has 0 fully saturated rings. The number of benzene rings is 1. The summed E-state index contributed by atoms with van der Waals surface area (Å²) in [5.41, 5.74) is -2.32. The zero-order valence-corrected chi connectivity index (χ0v) is 11.7. The highest BCUT2D eigenvalue weighted by Crippen LogP contribution is 2.39. The lowest BCUT2D eigenvalue weighted by Gasteiger charge is -2.16. The Balaban J connectivity index is 2.54. The quantitative estimate of drug-likeness (QED) is 0.817. The Morgan fingerprint density at radius 2 is 1.95 bits per heavy atom. The summed E-state index contributed by atoms with van der Waals surface area (Å²) in [6.07, 6.45) is -3.81. The molecule has 1 aromatic heterocycles. The van der Waals surface area contributed by atoms with E-state index >= 15 is 0 Å². The Hall–Kier alpha value is -2.09. The van der Waals surface area contributed by atoms with Crippen molar-refractivity contribution in [1.29, 1.82) is 0 Å². The van der Waals surface area contributed by atoms with Gasteiger partial charge < -0.3 is 10.1 Å². The molecule has 0 atom stereocenters. The molecule has 0 bridgehead atoms. The molecule has 0 saturated heterocycles. The van der Waals surface area contributed by atoms with Crippen LogP contribution in [0.5, 0.6) is 5.75 Å². The molecule has 1 aromatic carbocycles. The maximum absolute atomic E-state index is 14.1. The molecule has 1 heterocycles. The van der Waals surface area contributed by atoms with Crippen LogP contribution in [0, 0.1) is 11.6 Å². The first-order valence-electron chi connectivity index (χ1n) is 5.76. The molecule has 0 aliphatic heterocycles. The predicted octanol–water partition coefficient (Wildman–Crippen LogP) is 4.78. The monoisotopic (exact) mass is 338 g/mol. The molecule has 118 valence electrons. The van der Waals surface area contributed by atoms with Gasteiger partial charge in [0.15, 0.2) is 23.1 Å². The van der Waals surface area contributed by atoms with Crippen LogP contribution >= 0.6 is 11.6 Å². The number of ether oxygens (including phenoxy) is 1. The second kappa shape index (κ2) is 5.96. The minimum atomic E-state index is -4.75. The summed E-state index contributed by atoms with van der Waals surface area (Å²) >= 11 is 5.68. The highest BCUT2D eigenvalue weighted by atomic mass is 35.5. The normalized spacial score (nSPS) is 11.4. The third-order valence-electron chi connectivity index (χ3n) is 2.67. The summed E-state index contributed by atoms with van der Waals surface area (Å²) in [6.45, 7) is 0. The van der Waals surface area contributed by atoms with E-state index in [0.29, 0.717) is 0 Å². The van der Waals surface area contributed by atoms with Gasteiger partial charge in [-0.1, -0.05) is 11.6 Å². The van der Waals surface area contributed by atoms with Crippen LogP contribution in [0.3, 0.4) is 0 Å². The fourth-order valence-electron chi connectivity index (χ4n) is 1.74. The Labute approximate surface area is 126 Å². The van der Waals surface area contributed by atoms with E-state index in [1.807, 2.05) is 0 Å². The van der Waals surface area contributed by atoms with E-state index in [1.165, 1.54) is 6.07 Å². The maximum Gasteiger partial charge on any atom is 0.435 e. The minimum absolute atomic E-state index is 0.437. The van der Waals surface area contributed by atoms with Crippen molar-refractivity contribution in [3.8, 4) is 5.75 Å². The Kier molecular flexibility index (Phi) is 4.41. The van der Waals surface area contributed by atoms with Gasteiger partial charge in [0.2, 0.25) is 0 Å². The highest BCUT2D eigenvalue weighted by molar-refractivity contribution is 6.33. The van der Waals surface area contributed by atoms with Gasteiger partial charge >= 0.3 is 6.18 Å². The molecular formula is C13H8ClF5N2O. The average Bonchev–Trinajstić information content (AvgIpc) is 2.43. The lowest BCUT2D eigenvalue weighted by Crippen LogP contribution is -2.12. The molecule has 0 radical (unpaired) electrons. The molecule has 0 unspecified atom stereocenters. The molecule has 0 amide bonds. The van der Waals surface area contributed by atoms with Gasteiger partial charge in [0.1, 0.15) is 0 Å². The van der Waals surface area contributed by atoms with Crippen molar-refractivity contribution in [2.75, 3.05) is 12.4 Å². The maximum atomic E-state index is 14.1. The van der Waals surface area contributed by atoms with Crippen LogP contribution in [-0.2, 0) is 6.18 Å². The summed E-state index contributed by atoms with van der Waals surface area (Å²) in [6, 6.07) is 3.00. The van der Waals surface area contributed by atoms with E-state index in [0.717, 1.165) is 25.4 Å². The fraction of sp³-hybridized carbons (Fsp3) is 0.154. The lowest BCUT2D eigenvalue weighted by molar-refractivity contribution is -0.140. The molecule has 1 N–H and O–H groups in total. The van der Waals surface area contributed by atoms with Crippen molar-refractivity contribution in [3.05, 3.63) is 46.7 Å². The Bertz CT molecular complexity index is 706. The van der Waals surface area contributed by atoms with E-state index < -0.39 is 45.7 Å². The molecule has 2 aromatic rings. The first kappa shape index (κ1) is 16.3. The molecular weight excluding hydrogens is 331 g/mol. The second-order valence-electron chi connectivity index (χ2n) is 4.08. The highest BCUT2D eigenvalue weighted by Gasteiger charge is 2.35. The number of methoxy groups -OCH3 is 1. The molecule has 0 aliphatic rings. The number of halogens is 6. The topological polar surface area (TPSA) is 34.1 Å². The summed E-state index contributed by atoms with van der Waals surface area (Å²) in [5, 5.41) is 1.74. The number of pyridine rings is 1. The summed E-state index contributed by atoms with van der Waals surface area (Å²) in [7, 11) is 1.02. The number of nitrogens with one attached hydrogen (secondary N) is 1. The number of alkyl halides is 3. The Morgan fingerprint density at radius 3 is 2.55 bits per heavy atom. The second-order valence-corrected chi connectivity index (χ2v) is 4.49. The molecule has 2 rings (SSSR count). The smallest absolute Gasteiger partial charge is 0.435 e. The van der Waals surface area contributed by atoms with Gasteiger partial charge in [-0.2, -0.15) is 13.2 Å². The van der Waals surface area contributed by atoms with Gasteiger partial charge in [-0.15, -0.1) is 0 Å². The number of nitrogens with zero attached hydrogens (tertiary/aromatic N) is 1. The van der Waals surface area contributed by atoms with Crippen LogP contribution in [0.2, 0.25) is 5.02 Å². The number of anilines is 2. The van der Waals surface area contributed by atoms with E-state index in [4.69, 9.17) is 11.6 Å². The molecule has 0 saturated carbocycles. The fourth-order valence-corrected chi connectivity index (χ4v) is 1.97. The summed E-state index contributed by atoms with van der Waals surface area (Å²) < 4.78 is 70.6. The summed E-state index contributed by atoms with van der Waals surface area (Å²) in [5.74, 6) is -3.08. The molecule has 9 heteroatoms. The third-order valence-corrected chi connectivity index (χ3v) is 2.97. The molecule has 3 nitrogen and oxygen atoms in total. The standard InChI is InChI=1S/C13H8ClF5N2O/c1-22-11-7(15)5-6(14)10(9(11)16)21-8-3-2-4-20-12(8)13(17,18)19/h2-5,21H,1H3. The van der Waals surface area contributed by atoms with Crippen molar-refractivity contribution in [3.63, 3.8) is 0 Å².